The van der Waals surface area contributed by atoms with Crippen LogP contribution < -0.4 is 5.56 Å². The van der Waals surface area contributed by atoms with Crippen LogP contribution in [-0.4, -0.2) is 9.55 Å². The molecule has 1 rings (SSSR count). The highest BCUT2D eigenvalue weighted by Gasteiger charge is 2.04. The molecule has 1 aromatic heterocycles. The van der Waals surface area contributed by atoms with Crippen LogP contribution in [-0.2, 0) is 6.54 Å². The Morgan fingerprint density at radius 1 is 1.40 bits per heavy atom. The van der Waals surface area contributed by atoms with Gasteiger partial charge in [-0.05, 0) is 29.3 Å². The molecule has 0 aromatic carbocycles. The molecule has 1 heterocycles. The second kappa shape index (κ2) is 6.05. The fraction of sp³-hybridized carbons (Fsp3) is 0.636. The summed E-state index contributed by atoms with van der Waals surface area (Å²) in [6, 6.07) is 0. The summed E-state index contributed by atoms with van der Waals surface area (Å²) in [5, 5.41) is 0. The Labute approximate surface area is 98.7 Å². The third kappa shape index (κ3) is 3.45. The van der Waals surface area contributed by atoms with Gasteiger partial charge in [0.1, 0.15) is 4.47 Å². The standard InChI is InChI=1S/C11H17BrN2O/c1-3-4-5-6-7-14-8-13-9(2)10(12)11(14)15/h8H,3-7H2,1-2H3. The van der Waals surface area contributed by atoms with E-state index in [-0.39, 0.29) is 5.56 Å². The average Bonchev–Trinajstić information content (AvgIpc) is 2.24. The SMILES string of the molecule is CCCCCCn1cnc(C)c(Br)c1=O. The molecule has 0 radical (unpaired) electrons. The number of hydrogen-bond acceptors (Lipinski definition) is 2. The molecule has 0 unspecified atom stereocenters. The van der Waals surface area contributed by atoms with Gasteiger partial charge in [-0.3, -0.25) is 9.36 Å². The fourth-order valence-corrected chi connectivity index (χ4v) is 1.74. The van der Waals surface area contributed by atoms with E-state index in [1.165, 1.54) is 19.3 Å². The molecule has 0 fully saturated rings. The van der Waals surface area contributed by atoms with Crippen LogP contribution in [0.15, 0.2) is 15.6 Å². The van der Waals surface area contributed by atoms with Crippen LogP contribution in [0.2, 0.25) is 0 Å². The van der Waals surface area contributed by atoms with Crippen LogP contribution in [0.4, 0.5) is 0 Å². The minimum atomic E-state index is 0.0269. The second-order valence-corrected chi connectivity index (χ2v) is 4.50. The Morgan fingerprint density at radius 2 is 2.13 bits per heavy atom. The molecule has 84 valence electrons. The minimum absolute atomic E-state index is 0.0269. The molecule has 0 saturated carbocycles. The van der Waals surface area contributed by atoms with Gasteiger partial charge in [0, 0.05) is 6.54 Å². The predicted octanol–water partition coefficient (Wildman–Crippen LogP) is 2.89. The molecule has 0 bridgehead atoms. The highest BCUT2D eigenvalue weighted by Crippen LogP contribution is 2.07. The molecular formula is C11H17BrN2O. The van der Waals surface area contributed by atoms with Crippen molar-refractivity contribution in [3.63, 3.8) is 0 Å². The molecule has 0 aliphatic heterocycles. The van der Waals surface area contributed by atoms with E-state index in [9.17, 15) is 4.79 Å². The smallest absolute Gasteiger partial charge is 0.267 e. The van der Waals surface area contributed by atoms with Gasteiger partial charge in [-0.15, -0.1) is 0 Å². The zero-order valence-electron chi connectivity index (χ0n) is 9.29. The maximum absolute atomic E-state index is 11.7. The van der Waals surface area contributed by atoms with Gasteiger partial charge in [0.25, 0.3) is 5.56 Å². The van der Waals surface area contributed by atoms with Crippen molar-refractivity contribution < 1.29 is 0 Å². The Morgan fingerprint density at radius 3 is 2.80 bits per heavy atom. The first-order valence-electron chi connectivity index (χ1n) is 5.38. The molecule has 0 N–H and O–H groups in total. The predicted molar refractivity (Wildman–Crippen MR) is 65.1 cm³/mol. The van der Waals surface area contributed by atoms with Crippen molar-refractivity contribution in [2.45, 2.75) is 46.1 Å². The summed E-state index contributed by atoms with van der Waals surface area (Å²) >= 11 is 3.26. The van der Waals surface area contributed by atoms with Crippen molar-refractivity contribution in [3.05, 3.63) is 26.8 Å². The lowest BCUT2D eigenvalue weighted by Gasteiger charge is -2.06. The van der Waals surface area contributed by atoms with E-state index in [1.807, 2.05) is 6.92 Å². The molecule has 0 aliphatic rings. The van der Waals surface area contributed by atoms with Gasteiger partial charge in [-0.25, -0.2) is 4.98 Å². The van der Waals surface area contributed by atoms with Gasteiger partial charge >= 0.3 is 0 Å². The van der Waals surface area contributed by atoms with E-state index in [1.54, 1.807) is 10.9 Å². The largest absolute Gasteiger partial charge is 0.298 e. The topological polar surface area (TPSA) is 34.9 Å². The van der Waals surface area contributed by atoms with Crippen LogP contribution in [0.1, 0.15) is 38.3 Å². The van der Waals surface area contributed by atoms with E-state index in [2.05, 4.69) is 27.8 Å². The van der Waals surface area contributed by atoms with Gasteiger partial charge < -0.3 is 0 Å². The van der Waals surface area contributed by atoms with Crippen molar-refractivity contribution in [2.75, 3.05) is 0 Å². The third-order valence-corrected chi connectivity index (χ3v) is 3.32. The molecular weight excluding hydrogens is 256 g/mol. The summed E-state index contributed by atoms with van der Waals surface area (Å²) in [5.74, 6) is 0. The van der Waals surface area contributed by atoms with Crippen LogP contribution in [0.5, 0.6) is 0 Å². The van der Waals surface area contributed by atoms with E-state index in [0.29, 0.717) is 4.47 Å². The molecule has 15 heavy (non-hydrogen) atoms. The zero-order valence-corrected chi connectivity index (χ0v) is 10.9. The van der Waals surface area contributed by atoms with Crippen molar-refractivity contribution in [1.29, 1.82) is 0 Å². The first kappa shape index (κ1) is 12.4. The summed E-state index contributed by atoms with van der Waals surface area (Å²) in [7, 11) is 0. The minimum Gasteiger partial charge on any atom is -0.298 e. The van der Waals surface area contributed by atoms with Crippen molar-refractivity contribution in [3.8, 4) is 0 Å². The number of aromatic nitrogens is 2. The molecule has 0 spiro atoms. The lowest BCUT2D eigenvalue weighted by Crippen LogP contribution is -2.22. The maximum Gasteiger partial charge on any atom is 0.267 e. The molecule has 4 heteroatoms. The van der Waals surface area contributed by atoms with Gasteiger partial charge in [0.2, 0.25) is 0 Å². The van der Waals surface area contributed by atoms with Crippen molar-refractivity contribution >= 4 is 15.9 Å². The number of halogens is 1. The molecule has 3 nitrogen and oxygen atoms in total. The van der Waals surface area contributed by atoms with Gasteiger partial charge in [-0.1, -0.05) is 26.2 Å². The molecule has 1 aromatic rings. The molecule has 0 aliphatic carbocycles. The summed E-state index contributed by atoms with van der Waals surface area (Å²) < 4.78 is 2.26. The number of aryl methyl sites for hydroxylation is 2. The lowest BCUT2D eigenvalue weighted by molar-refractivity contribution is 0.561. The van der Waals surface area contributed by atoms with Crippen LogP contribution in [0, 0.1) is 6.92 Å². The average molecular weight is 273 g/mol. The molecule has 0 atom stereocenters. The van der Waals surface area contributed by atoms with Gasteiger partial charge in [0.05, 0.1) is 12.0 Å². The first-order valence-corrected chi connectivity index (χ1v) is 6.17. The fourth-order valence-electron chi connectivity index (χ4n) is 1.41. The first-order chi connectivity index (χ1) is 7.16. The second-order valence-electron chi connectivity index (χ2n) is 3.70. The maximum atomic E-state index is 11.7. The normalized spacial score (nSPS) is 10.6. The van der Waals surface area contributed by atoms with Crippen LogP contribution in [0.3, 0.4) is 0 Å². The number of rotatable bonds is 5. The number of hydrogen-bond donors (Lipinski definition) is 0. The van der Waals surface area contributed by atoms with Crippen LogP contribution >= 0.6 is 15.9 Å². The van der Waals surface area contributed by atoms with Crippen molar-refractivity contribution in [1.82, 2.24) is 9.55 Å². The van der Waals surface area contributed by atoms with Crippen molar-refractivity contribution in [2.24, 2.45) is 0 Å². The Hall–Kier alpha value is -0.640. The van der Waals surface area contributed by atoms with E-state index >= 15 is 0 Å². The monoisotopic (exact) mass is 272 g/mol. The quantitative estimate of drug-likeness (QED) is 0.773. The highest BCUT2D eigenvalue weighted by molar-refractivity contribution is 9.10. The van der Waals surface area contributed by atoms with E-state index in [4.69, 9.17) is 0 Å². The third-order valence-electron chi connectivity index (χ3n) is 2.41. The zero-order chi connectivity index (χ0) is 11.3. The summed E-state index contributed by atoms with van der Waals surface area (Å²) in [5.41, 5.74) is 0.781. The summed E-state index contributed by atoms with van der Waals surface area (Å²) in [6.45, 7) is 4.77. The molecule has 0 saturated heterocycles. The highest BCUT2D eigenvalue weighted by atomic mass is 79.9. The van der Waals surface area contributed by atoms with Gasteiger partial charge in [0.15, 0.2) is 0 Å². The number of unbranched alkanes of at least 4 members (excludes halogenated alkanes) is 3. The Kier molecular flexibility index (Phi) is 5.02. The van der Waals surface area contributed by atoms with Gasteiger partial charge in [-0.2, -0.15) is 0 Å². The summed E-state index contributed by atoms with van der Waals surface area (Å²) in [6.07, 6.45) is 6.30. The van der Waals surface area contributed by atoms with Crippen LogP contribution in [0.25, 0.3) is 0 Å². The Bertz CT molecular complexity index is 373. The summed E-state index contributed by atoms with van der Waals surface area (Å²) in [4.78, 5) is 15.9. The lowest BCUT2D eigenvalue weighted by atomic mass is 10.2. The molecule has 0 amide bonds. The van der Waals surface area contributed by atoms with E-state index in [0.717, 1.165) is 18.7 Å². The Balaban J connectivity index is 2.63. The number of nitrogens with zero attached hydrogens (tertiary/aromatic N) is 2. The van der Waals surface area contributed by atoms with E-state index < -0.39 is 0 Å².